The first-order valence-electron chi connectivity index (χ1n) is 10.6. The van der Waals surface area contributed by atoms with Crippen LogP contribution in [-0.4, -0.2) is 59.0 Å². The summed E-state index contributed by atoms with van der Waals surface area (Å²) in [6, 6.07) is 6.60. The summed E-state index contributed by atoms with van der Waals surface area (Å²) in [6.07, 6.45) is 4.76. The van der Waals surface area contributed by atoms with Crippen LogP contribution in [0.2, 0.25) is 0 Å². The van der Waals surface area contributed by atoms with Gasteiger partial charge in [-0.15, -0.1) is 0 Å². The highest BCUT2D eigenvalue weighted by Crippen LogP contribution is 2.27. The third-order valence-corrected chi connectivity index (χ3v) is 5.69. The van der Waals surface area contributed by atoms with Crippen LogP contribution < -0.4 is 0 Å². The minimum atomic E-state index is -0.474. The average Bonchev–Trinajstić information content (AvgIpc) is 2.68. The maximum atomic E-state index is 13.1. The number of nitrogens with zero attached hydrogens (tertiary/aromatic N) is 2. The molecule has 0 aromatic heterocycles. The summed E-state index contributed by atoms with van der Waals surface area (Å²) in [5.41, 5.74) is 1.78. The number of amides is 1. The molecule has 2 aliphatic heterocycles. The number of aliphatic hydroxyl groups is 1. The van der Waals surface area contributed by atoms with E-state index in [9.17, 15) is 14.3 Å². The zero-order valence-corrected chi connectivity index (χ0v) is 17.7. The van der Waals surface area contributed by atoms with Crippen LogP contribution >= 0.6 is 0 Å². The Labute approximate surface area is 173 Å². The van der Waals surface area contributed by atoms with Crippen molar-refractivity contribution in [3.05, 3.63) is 41.7 Å². The van der Waals surface area contributed by atoms with Crippen molar-refractivity contribution >= 4 is 11.7 Å². The van der Waals surface area contributed by atoms with E-state index in [1.807, 2.05) is 32.9 Å². The van der Waals surface area contributed by atoms with Crippen LogP contribution in [0.3, 0.4) is 0 Å². The van der Waals surface area contributed by atoms with E-state index < -0.39 is 11.8 Å². The van der Waals surface area contributed by atoms with Gasteiger partial charge in [0, 0.05) is 26.2 Å². The van der Waals surface area contributed by atoms with Crippen LogP contribution in [-0.2, 0) is 4.74 Å². The SMILES string of the molecule is CC(C)(C)OC(=O)N1CCC(CC(O)N2CC=C(c3ccc(F)cc3)CC2)CC1. The molecule has 5 nitrogen and oxygen atoms in total. The number of hydrogen-bond acceptors (Lipinski definition) is 4. The van der Waals surface area contributed by atoms with Crippen molar-refractivity contribution in [2.75, 3.05) is 26.2 Å². The van der Waals surface area contributed by atoms with Gasteiger partial charge in [-0.25, -0.2) is 9.18 Å². The molecule has 160 valence electrons. The van der Waals surface area contributed by atoms with E-state index in [0.29, 0.717) is 25.6 Å². The first-order valence-corrected chi connectivity index (χ1v) is 10.6. The highest BCUT2D eigenvalue weighted by atomic mass is 19.1. The molecule has 1 N–H and O–H groups in total. The summed E-state index contributed by atoms with van der Waals surface area (Å²) < 4.78 is 18.5. The summed E-state index contributed by atoms with van der Waals surface area (Å²) in [4.78, 5) is 16.0. The molecule has 1 atom stereocenters. The molecule has 1 saturated heterocycles. The monoisotopic (exact) mass is 404 g/mol. The van der Waals surface area contributed by atoms with E-state index in [1.54, 1.807) is 4.90 Å². The highest BCUT2D eigenvalue weighted by molar-refractivity contribution is 5.68. The van der Waals surface area contributed by atoms with Gasteiger partial charge < -0.3 is 14.7 Å². The van der Waals surface area contributed by atoms with Crippen molar-refractivity contribution in [1.29, 1.82) is 0 Å². The number of hydrogen-bond donors (Lipinski definition) is 1. The van der Waals surface area contributed by atoms with Gasteiger partial charge in [-0.3, -0.25) is 4.90 Å². The van der Waals surface area contributed by atoms with Crippen LogP contribution in [0, 0.1) is 11.7 Å². The van der Waals surface area contributed by atoms with Crippen molar-refractivity contribution in [3.8, 4) is 0 Å². The molecule has 1 aromatic rings. The Morgan fingerprint density at radius 1 is 1.21 bits per heavy atom. The number of likely N-dealkylation sites (tertiary alicyclic amines) is 1. The number of benzene rings is 1. The van der Waals surface area contributed by atoms with E-state index in [-0.39, 0.29) is 11.9 Å². The van der Waals surface area contributed by atoms with Crippen molar-refractivity contribution in [2.45, 2.75) is 58.3 Å². The van der Waals surface area contributed by atoms with Gasteiger partial charge in [-0.05, 0) is 75.6 Å². The molecule has 2 heterocycles. The van der Waals surface area contributed by atoms with Gasteiger partial charge in [-0.2, -0.15) is 0 Å². The largest absolute Gasteiger partial charge is 0.444 e. The maximum absolute atomic E-state index is 13.1. The molecule has 3 rings (SSSR count). The molecule has 0 saturated carbocycles. The van der Waals surface area contributed by atoms with Crippen LogP contribution in [0.1, 0.15) is 52.0 Å². The van der Waals surface area contributed by atoms with Crippen LogP contribution in [0.15, 0.2) is 30.3 Å². The predicted octanol–water partition coefficient (Wildman–Crippen LogP) is 4.27. The lowest BCUT2D eigenvalue weighted by atomic mass is 9.92. The molecule has 0 aliphatic carbocycles. The molecule has 1 aromatic carbocycles. The summed E-state index contributed by atoms with van der Waals surface area (Å²) >= 11 is 0. The first-order chi connectivity index (χ1) is 13.7. The zero-order valence-electron chi connectivity index (χ0n) is 17.7. The fraction of sp³-hybridized carbons (Fsp3) is 0.609. The molecule has 0 bridgehead atoms. The molecular formula is C23H33FN2O3. The third kappa shape index (κ3) is 6.28. The van der Waals surface area contributed by atoms with E-state index in [4.69, 9.17) is 4.74 Å². The molecule has 2 aliphatic rings. The van der Waals surface area contributed by atoms with Gasteiger partial charge >= 0.3 is 6.09 Å². The van der Waals surface area contributed by atoms with Gasteiger partial charge in [0.2, 0.25) is 0 Å². The number of halogens is 1. The summed E-state index contributed by atoms with van der Waals surface area (Å²) in [7, 11) is 0. The third-order valence-electron chi connectivity index (χ3n) is 5.69. The Hall–Kier alpha value is -1.92. The summed E-state index contributed by atoms with van der Waals surface area (Å²) in [5.74, 6) is 0.186. The Bertz CT molecular complexity index is 719. The maximum Gasteiger partial charge on any atom is 0.410 e. The smallest absolute Gasteiger partial charge is 0.410 e. The predicted molar refractivity (Wildman–Crippen MR) is 112 cm³/mol. The molecule has 0 spiro atoms. The molecule has 6 heteroatoms. The molecule has 1 unspecified atom stereocenters. The van der Waals surface area contributed by atoms with Crippen molar-refractivity contribution < 1.29 is 19.0 Å². The lowest BCUT2D eigenvalue weighted by molar-refractivity contribution is -0.0174. The van der Waals surface area contributed by atoms with E-state index in [1.165, 1.54) is 17.7 Å². The standard InChI is InChI=1S/C23H33FN2O3/c1-23(2,3)29-22(28)26-12-8-17(9-13-26)16-21(27)25-14-10-19(11-15-25)18-4-6-20(24)7-5-18/h4-7,10,17,21,27H,8-9,11-16H2,1-3H3. The number of aliphatic hydroxyl groups excluding tert-OH is 1. The number of rotatable bonds is 4. The molecular weight excluding hydrogens is 371 g/mol. The number of carbonyl (C=O) groups is 1. The second-order valence-corrected chi connectivity index (χ2v) is 9.11. The minimum absolute atomic E-state index is 0.222. The highest BCUT2D eigenvalue weighted by Gasteiger charge is 2.29. The molecule has 0 radical (unpaired) electrons. The summed E-state index contributed by atoms with van der Waals surface area (Å²) in [6.45, 7) is 8.49. The molecule has 1 amide bonds. The van der Waals surface area contributed by atoms with Crippen LogP contribution in [0.25, 0.3) is 5.57 Å². The van der Waals surface area contributed by atoms with Gasteiger partial charge in [-0.1, -0.05) is 18.2 Å². The van der Waals surface area contributed by atoms with Crippen molar-refractivity contribution in [2.24, 2.45) is 5.92 Å². The Morgan fingerprint density at radius 2 is 1.86 bits per heavy atom. The average molecular weight is 405 g/mol. The molecule has 29 heavy (non-hydrogen) atoms. The van der Waals surface area contributed by atoms with E-state index >= 15 is 0 Å². The topological polar surface area (TPSA) is 53.0 Å². The van der Waals surface area contributed by atoms with Gasteiger partial charge in [0.1, 0.15) is 17.6 Å². The quantitative estimate of drug-likeness (QED) is 0.814. The first kappa shape index (κ1) is 21.8. The lowest BCUT2D eigenvalue weighted by Crippen LogP contribution is -2.44. The fourth-order valence-electron chi connectivity index (χ4n) is 4.01. The number of piperidine rings is 1. The van der Waals surface area contributed by atoms with Crippen molar-refractivity contribution in [3.63, 3.8) is 0 Å². The Balaban J connectivity index is 1.44. The fourth-order valence-corrected chi connectivity index (χ4v) is 4.01. The second-order valence-electron chi connectivity index (χ2n) is 9.11. The van der Waals surface area contributed by atoms with Crippen LogP contribution in [0.5, 0.6) is 0 Å². The van der Waals surface area contributed by atoms with E-state index in [2.05, 4.69) is 11.0 Å². The summed E-state index contributed by atoms with van der Waals surface area (Å²) in [5, 5.41) is 10.7. The normalized spacial score (nSPS) is 20.3. The van der Waals surface area contributed by atoms with E-state index in [0.717, 1.165) is 37.8 Å². The van der Waals surface area contributed by atoms with Crippen molar-refractivity contribution in [1.82, 2.24) is 9.80 Å². The second kappa shape index (κ2) is 9.26. The van der Waals surface area contributed by atoms with Crippen LogP contribution in [0.4, 0.5) is 9.18 Å². The number of ether oxygens (including phenoxy) is 1. The van der Waals surface area contributed by atoms with Gasteiger partial charge in [0.25, 0.3) is 0 Å². The molecule has 1 fully saturated rings. The van der Waals surface area contributed by atoms with Gasteiger partial charge in [0.05, 0.1) is 0 Å². The number of carbonyl (C=O) groups excluding carboxylic acids is 1. The Morgan fingerprint density at radius 3 is 2.41 bits per heavy atom. The zero-order chi connectivity index (χ0) is 21.0. The minimum Gasteiger partial charge on any atom is -0.444 e. The van der Waals surface area contributed by atoms with Gasteiger partial charge in [0.15, 0.2) is 0 Å². The Kier molecular flexibility index (Phi) is 6.96. The lowest BCUT2D eigenvalue weighted by Gasteiger charge is -2.36.